The van der Waals surface area contributed by atoms with Crippen LogP contribution in [0.3, 0.4) is 0 Å². The number of anilines is 2. The Morgan fingerprint density at radius 2 is 2.06 bits per heavy atom. The highest BCUT2D eigenvalue weighted by molar-refractivity contribution is 6.00. The van der Waals surface area contributed by atoms with Crippen LogP contribution in [0, 0.1) is 18.7 Å². The van der Waals surface area contributed by atoms with Crippen molar-refractivity contribution in [2.45, 2.75) is 19.3 Å². The summed E-state index contributed by atoms with van der Waals surface area (Å²) in [5.74, 6) is -0.159. The Hall–Kier alpha value is -4.60. The highest BCUT2D eigenvalue weighted by Crippen LogP contribution is 2.47. The number of benzene rings is 1. The molecule has 6 rings (SSSR count). The molecule has 4 heterocycles. The number of fused-ring (bicyclic) bond motifs is 1. The number of amides is 1. The van der Waals surface area contributed by atoms with Crippen molar-refractivity contribution >= 4 is 28.2 Å². The first kappa shape index (κ1) is 23.2. The second kappa shape index (κ2) is 9.57. The fraction of sp³-hybridized carbons (Fsp3) is 0.192. The summed E-state index contributed by atoms with van der Waals surface area (Å²) in [5.41, 5.74) is 8.98. The minimum absolute atomic E-state index is 0.0256. The minimum Gasteiger partial charge on any atom is -0.396 e. The number of nitrogens with one attached hydrogen (secondary N) is 2. The second-order valence-electron chi connectivity index (χ2n) is 8.76. The van der Waals surface area contributed by atoms with Crippen LogP contribution in [0.2, 0.25) is 0 Å². The number of aryl methyl sites for hydroxylation is 2. The number of rotatable bonds is 4. The van der Waals surface area contributed by atoms with E-state index in [2.05, 4.69) is 30.4 Å². The van der Waals surface area contributed by atoms with E-state index in [0.29, 0.717) is 27.7 Å². The Labute approximate surface area is 206 Å². The van der Waals surface area contributed by atoms with Gasteiger partial charge in [-0.2, -0.15) is 5.10 Å². The summed E-state index contributed by atoms with van der Waals surface area (Å²) < 4.78 is 16.7. The molecule has 182 valence electrons. The number of hydrogen-bond acceptors (Lipinski definition) is 6. The molecule has 36 heavy (non-hydrogen) atoms. The number of nitrogens with two attached hydrogens (primary N) is 1. The average molecular weight is 485 g/mol. The number of H-pyrrole nitrogens is 1. The molecule has 1 amide bonds. The van der Waals surface area contributed by atoms with Gasteiger partial charge >= 0.3 is 0 Å². The van der Waals surface area contributed by atoms with E-state index in [1.165, 1.54) is 6.20 Å². The lowest BCUT2D eigenvalue weighted by molar-refractivity contribution is -0.117. The molecule has 0 aliphatic heterocycles. The molecule has 2 unspecified atom stereocenters. The number of pyridine rings is 2. The number of aromatic nitrogens is 6. The Balaban J connectivity index is 0.000000391. The van der Waals surface area contributed by atoms with Crippen molar-refractivity contribution in [3.05, 3.63) is 84.8 Å². The third kappa shape index (κ3) is 4.65. The summed E-state index contributed by atoms with van der Waals surface area (Å²) in [5, 5.41) is 7.89. The zero-order valence-corrected chi connectivity index (χ0v) is 19.8. The van der Waals surface area contributed by atoms with Gasteiger partial charge in [0.25, 0.3) is 0 Å². The number of halogens is 1. The van der Waals surface area contributed by atoms with Crippen molar-refractivity contribution in [2.24, 2.45) is 13.0 Å². The molecule has 0 radical (unpaired) electrons. The maximum atomic E-state index is 14.9. The number of carbonyl (C=O) groups is 1. The second-order valence-corrected chi connectivity index (χ2v) is 8.76. The van der Waals surface area contributed by atoms with Crippen molar-refractivity contribution in [3.8, 4) is 11.1 Å². The van der Waals surface area contributed by atoms with Crippen molar-refractivity contribution in [2.75, 3.05) is 11.1 Å². The highest BCUT2D eigenvalue weighted by Gasteiger charge is 2.45. The standard InChI is InChI=1S/C22H19FN6O.C4H6N2/c1-11-2-3-25-7-16(11)14-4-12-5-19(27-8-17(12)21(24)20(14)23)29-22(30)15-6-13(15)18-9-26-10-28-18;1-6-4-2-3-5-6/h2-5,7-10,13,15H,6,24H2,1H3,(H,26,28)(H,27,29,30);2-4H,1H3. The van der Waals surface area contributed by atoms with E-state index in [-0.39, 0.29) is 23.4 Å². The van der Waals surface area contributed by atoms with Gasteiger partial charge in [-0.3, -0.25) is 14.5 Å². The molecule has 1 aromatic carbocycles. The van der Waals surface area contributed by atoms with Crippen LogP contribution in [0.15, 0.2) is 67.8 Å². The Morgan fingerprint density at radius 1 is 1.19 bits per heavy atom. The molecule has 5 aromatic rings. The Morgan fingerprint density at radius 3 is 2.72 bits per heavy atom. The van der Waals surface area contributed by atoms with E-state index in [1.54, 1.807) is 47.9 Å². The van der Waals surface area contributed by atoms with Crippen molar-refractivity contribution < 1.29 is 9.18 Å². The van der Waals surface area contributed by atoms with Gasteiger partial charge in [-0.15, -0.1) is 0 Å². The van der Waals surface area contributed by atoms with Crippen LogP contribution in [0.5, 0.6) is 0 Å². The first-order valence-corrected chi connectivity index (χ1v) is 11.4. The highest BCUT2D eigenvalue weighted by atomic mass is 19.1. The van der Waals surface area contributed by atoms with Crippen LogP contribution in [-0.2, 0) is 11.8 Å². The summed E-state index contributed by atoms with van der Waals surface area (Å²) in [6.45, 7) is 1.89. The lowest BCUT2D eigenvalue weighted by Crippen LogP contribution is -2.15. The fourth-order valence-electron chi connectivity index (χ4n) is 4.17. The van der Waals surface area contributed by atoms with E-state index in [4.69, 9.17) is 5.73 Å². The summed E-state index contributed by atoms with van der Waals surface area (Å²) >= 11 is 0. The summed E-state index contributed by atoms with van der Waals surface area (Å²) in [6, 6.07) is 7.14. The molecule has 9 nitrogen and oxygen atoms in total. The van der Waals surface area contributed by atoms with Gasteiger partial charge in [0.15, 0.2) is 5.82 Å². The molecule has 1 aliphatic rings. The number of nitrogen functional groups attached to an aromatic ring is 1. The summed E-state index contributed by atoms with van der Waals surface area (Å²) in [7, 11) is 1.89. The molecular weight excluding hydrogens is 459 g/mol. The maximum Gasteiger partial charge on any atom is 0.229 e. The predicted molar refractivity (Wildman–Crippen MR) is 135 cm³/mol. The molecule has 0 spiro atoms. The van der Waals surface area contributed by atoms with Crippen LogP contribution in [0.4, 0.5) is 15.9 Å². The largest absolute Gasteiger partial charge is 0.396 e. The normalized spacial score (nSPS) is 16.3. The van der Waals surface area contributed by atoms with E-state index in [9.17, 15) is 9.18 Å². The molecule has 1 fully saturated rings. The smallest absolute Gasteiger partial charge is 0.229 e. The SMILES string of the molecule is Cc1ccncc1-c1cc2cc(NC(=O)C3CC3c3cnc[nH]3)ncc2c(N)c1F.Cn1cccn1. The third-order valence-electron chi connectivity index (χ3n) is 6.26. The van der Waals surface area contributed by atoms with Gasteiger partial charge in [-0.05, 0) is 48.6 Å². The molecule has 1 aliphatic carbocycles. The summed E-state index contributed by atoms with van der Waals surface area (Å²) in [4.78, 5) is 28.0. The van der Waals surface area contributed by atoms with Gasteiger partial charge in [-0.1, -0.05) is 0 Å². The molecule has 0 bridgehead atoms. The zero-order valence-electron chi connectivity index (χ0n) is 19.8. The lowest BCUT2D eigenvalue weighted by atomic mass is 9.98. The van der Waals surface area contributed by atoms with Crippen LogP contribution in [-0.4, -0.2) is 35.6 Å². The number of hydrogen-bond donors (Lipinski definition) is 3. The van der Waals surface area contributed by atoms with Gasteiger partial charge in [0.1, 0.15) is 5.82 Å². The predicted octanol–water partition coefficient (Wildman–Crippen LogP) is 4.21. The number of carbonyl (C=O) groups excluding carboxylic acids is 1. The molecule has 4 aromatic heterocycles. The van der Waals surface area contributed by atoms with E-state index in [1.807, 2.05) is 32.3 Å². The average Bonchev–Trinajstić information content (AvgIpc) is 3.22. The summed E-state index contributed by atoms with van der Waals surface area (Å²) in [6.07, 6.45) is 12.5. The van der Waals surface area contributed by atoms with Crippen LogP contribution < -0.4 is 11.1 Å². The van der Waals surface area contributed by atoms with Crippen molar-refractivity contribution in [1.29, 1.82) is 0 Å². The Kier molecular flexibility index (Phi) is 6.16. The van der Waals surface area contributed by atoms with Crippen LogP contribution in [0.25, 0.3) is 21.9 Å². The number of nitrogens with zero attached hydrogens (tertiary/aromatic N) is 5. The monoisotopic (exact) mass is 484 g/mol. The van der Waals surface area contributed by atoms with Gasteiger partial charge in [0.05, 0.1) is 12.0 Å². The first-order valence-electron chi connectivity index (χ1n) is 11.4. The molecular formula is C26H25FN8O. The fourth-order valence-corrected chi connectivity index (χ4v) is 4.17. The topological polar surface area (TPSA) is 127 Å². The van der Waals surface area contributed by atoms with Gasteiger partial charge in [0, 0.05) is 78.3 Å². The maximum absolute atomic E-state index is 14.9. The van der Waals surface area contributed by atoms with Crippen LogP contribution >= 0.6 is 0 Å². The van der Waals surface area contributed by atoms with Crippen LogP contribution in [0.1, 0.15) is 23.6 Å². The van der Waals surface area contributed by atoms with E-state index < -0.39 is 5.82 Å². The number of imidazole rings is 1. The van der Waals surface area contributed by atoms with Crippen molar-refractivity contribution in [1.82, 2.24) is 29.7 Å². The third-order valence-corrected chi connectivity index (χ3v) is 6.26. The van der Waals surface area contributed by atoms with E-state index >= 15 is 0 Å². The Bertz CT molecular complexity index is 1520. The molecule has 4 N–H and O–H groups in total. The van der Waals surface area contributed by atoms with Crippen molar-refractivity contribution in [3.63, 3.8) is 0 Å². The lowest BCUT2D eigenvalue weighted by Gasteiger charge is -2.12. The molecule has 1 saturated carbocycles. The van der Waals surface area contributed by atoms with Gasteiger partial charge in [0.2, 0.25) is 5.91 Å². The first-order chi connectivity index (χ1) is 17.4. The molecule has 10 heteroatoms. The zero-order chi connectivity index (χ0) is 25.2. The number of aromatic amines is 1. The molecule has 0 saturated heterocycles. The van der Waals surface area contributed by atoms with Gasteiger partial charge in [-0.25, -0.2) is 14.4 Å². The quantitative estimate of drug-likeness (QED) is 0.328. The van der Waals surface area contributed by atoms with Gasteiger partial charge < -0.3 is 16.0 Å². The minimum atomic E-state index is -0.502. The van der Waals surface area contributed by atoms with E-state index in [0.717, 1.165) is 17.7 Å². The molecule has 2 atom stereocenters.